The summed E-state index contributed by atoms with van der Waals surface area (Å²) in [6.07, 6.45) is 0.319. The molecule has 0 heterocycles. The molecule has 0 saturated heterocycles. The van der Waals surface area contributed by atoms with Crippen LogP contribution in [0.25, 0.3) is 0 Å². The summed E-state index contributed by atoms with van der Waals surface area (Å²) in [5.74, 6) is -2.41. The lowest BCUT2D eigenvalue weighted by atomic mass is 10.1. The van der Waals surface area contributed by atoms with Crippen molar-refractivity contribution in [3.8, 4) is 0 Å². The minimum Gasteiger partial charge on any atom is -0.481 e. The topological polar surface area (TPSA) is 66.4 Å². The summed E-state index contributed by atoms with van der Waals surface area (Å²) in [5, 5.41) is 11.2. The number of hydrogen-bond donors (Lipinski definition) is 2. The summed E-state index contributed by atoms with van der Waals surface area (Å²) >= 11 is 5.72. The van der Waals surface area contributed by atoms with Gasteiger partial charge in [0.1, 0.15) is 5.82 Å². The van der Waals surface area contributed by atoms with E-state index in [9.17, 15) is 14.0 Å². The minimum absolute atomic E-state index is 0.0267. The van der Waals surface area contributed by atoms with E-state index < -0.39 is 23.6 Å². The monoisotopic (exact) mass is 273 g/mol. The van der Waals surface area contributed by atoms with Gasteiger partial charge in [0, 0.05) is 6.54 Å². The van der Waals surface area contributed by atoms with E-state index in [-0.39, 0.29) is 17.1 Å². The van der Waals surface area contributed by atoms with Gasteiger partial charge in [-0.2, -0.15) is 0 Å². The smallest absolute Gasteiger partial charge is 0.306 e. The zero-order chi connectivity index (χ0) is 13.7. The second-order valence-corrected chi connectivity index (χ2v) is 4.32. The zero-order valence-electron chi connectivity index (χ0n) is 9.74. The molecule has 0 radical (unpaired) electrons. The molecular formula is C12H13ClFNO3. The zero-order valence-corrected chi connectivity index (χ0v) is 10.5. The van der Waals surface area contributed by atoms with E-state index in [0.29, 0.717) is 6.42 Å². The Balaban J connectivity index is 2.53. The van der Waals surface area contributed by atoms with Crippen LogP contribution >= 0.6 is 11.6 Å². The fourth-order valence-corrected chi connectivity index (χ4v) is 1.55. The summed E-state index contributed by atoms with van der Waals surface area (Å²) in [4.78, 5) is 22.2. The van der Waals surface area contributed by atoms with Gasteiger partial charge in [-0.3, -0.25) is 9.59 Å². The van der Waals surface area contributed by atoms with Crippen molar-refractivity contribution in [2.24, 2.45) is 5.92 Å². The van der Waals surface area contributed by atoms with Crippen molar-refractivity contribution < 1.29 is 19.1 Å². The molecule has 4 nitrogen and oxygen atoms in total. The molecule has 2 N–H and O–H groups in total. The van der Waals surface area contributed by atoms with Crippen LogP contribution in [-0.2, 0) is 4.79 Å². The maximum atomic E-state index is 12.8. The van der Waals surface area contributed by atoms with Crippen LogP contribution in [0.15, 0.2) is 18.2 Å². The standard InChI is InChI=1S/C12H13ClFNO3/c1-7(12(17)18)4-5-15-11(16)9-3-2-8(14)6-10(9)13/h2-3,6-7H,4-5H2,1H3,(H,15,16)(H,17,18). The number of amides is 1. The van der Waals surface area contributed by atoms with E-state index in [1.54, 1.807) is 6.92 Å². The van der Waals surface area contributed by atoms with Crippen molar-refractivity contribution in [1.29, 1.82) is 0 Å². The molecule has 6 heteroatoms. The summed E-state index contributed by atoms with van der Waals surface area (Å²) < 4.78 is 12.8. The van der Waals surface area contributed by atoms with Crippen LogP contribution in [0.5, 0.6) is 0 Å². The predicted octanol–water partition coefficient (Wildman–Crippen LogP) is 2.32. The third kappa shape index (κ3) is 4.00. The van der Waals surface area contributed by atoms with Gasteiger partial charge in [-0.1, -0.05) is 18.5 Å². The molecule has 0 saturated carbocycles. The molecule has 1 amide bonds. The minimum atomic E-state index is -0.913. The van der Waals surface area contributed by atoms with Gasteiger partial charge in [-0.05, 0) is 24.6 Å². The van der Waals surface area contributed by atoms with Gasteiger partial charge in [0.25, 0.3) is 5.91 Å². The quantitative estimate of drug-likeness (QED) is 0.865. The highest BCUT2D eigenvalue weighted by molar-refractivity contribution is 6.33. The van der Waals surface area contributed by atoms with Crippen LogP contribution in [0.2, 0.25) is 5.02 Å². The third-order valence-electron chi connectivity index (χ3n) is 2.46. The summed E-state index contributed by atoms with van der Waals surface area (Å²) in [5.41, 5.74) is 0.168. The first-order valence-electron chi connectivity index (χ1n) is 5.38. The van der Waals surface area contributed by atoms with Gasteiger partial charge in [-0.25, -0.2) is 4.39 Å². The van der Waals surface area contributed by atoms with Gasteiger partial charge in [-0.15, -0.1) is 0 Å². The number of carbonyl (C=O) groups excluding carboxylic acids is 1. The summed E-state index contributed by atoms with van der Waals surface area (Å²) in [7, 11) is 0. The number of carboxylic acid groups (broad SMARTS) is 1. The van der Waals surface area contributed by atoms with Gasteiger partial charge < -0.3 is 10.4 Å². The molecule has 0 fully saturated rings. The van der Waals surface area contributed by atoms with Gasteiger partial charge in [0.05, 0.1) is 16.5 Å². The van der Waals surface area contributed by atoms with E-state index in [2.05, 4.69) is 5.32 Å². The van der Waals surface area contributed by atoms with E-state index in [1.165, 1.54) is 6.07 Å². The van der Waals surface area contributed by atoms with Crippen LogP contribution < -0.4 is 5.32 Å². The van der Waals surface area contributed by atoms with Crippen molar-refractivity contribution >= 4 is 23.5 Å². The molecule has 18 heavy (non-hydrogen) atoms. The number of nitrogens with one attached hydrogen (secondary N) is 1. The molecule has 0 aromatic heterocycles. The van der Waals surface area contributed by atoms with Gasteiger partial charge in [0.15, 0.2) is 0 Å². The molecule has 1 rings (SSSR count). The number of hydrogen-bond acceptors (Lipinski definition) is 2. The molecule has 98 valence electrons. The molecule has 1 aromatic carbocycles. The van der Waals surface area contributed by atoms with Crippen molar-refractivity contribution in [2.45, 2.75) is 13.3 Å². The molecule has 1 aromatic rings. The maximum Gasteiger partial charge on any atom is 0.306 e. The molecular weight excluding hydrogens is 261 g/mol. The largest absolute Gasteiger partial charge is 0.481 e. The first-order chi connectivity index (χ1) is 8.41. The maximum absolute atomic E-state index is 12.8. The molecule has 0 aliphatic carbocycles. The number of aliphatic carboxylic acids is 1. The summed E-state index contributed by atoms with van der Waals surface area (Å²) in [6, 6.07) is 3.48. The number of carboxylic acids is 1. The van der Waals surface area contributed by atoms with Crippen molar-refractivity contribution in [3.05, 3.63) is 34.6 Å². The Morgan fingerprint density at radius 2 is 2.17 bits per heavy atom. The summed E-state index contributed by atoms with van der Waals surface area (Å²) in [6.45, 7) is 1.78. The first kappa shape index (κ1) is 14.4. The molecule has 1 unspecified atom stereocenters. The van der Waals surface area contributed by atoms with Gasteiger partial charge in [0.2, 0.25) is 0 Å². The molecule has 0 bridgehead atoms. The Hall–Kier alpha value is -1.62. The fourth-order valence-electron chi connectivity index (χ4n) is 1.29. The average Bonchev–Trinajstić information content (AvgIpc) is 2.28. The lowest BCUT2D eigenvalue weighted by Crippen LogP contribution is -2.27. The average molecular weight is 274 g/mol. The van der Waals surface area contributed by atoms with E-state index in [1.807, 2.05) is 0 Å². The Labute approximate surface area is 109 Å². The number of halogens is 2. The number of benzene rings is 1. The Morgan fingerprint density at radius 3 is 2.72 bits per heavy atom. The number of carbonyl (C=O) groups is 2. The Kier molecular flexibility index (Phi) is 5.09. The molecule has 0 aliphatic rings. The second-order valence-electron chi connectivity index (χ2n) is 3.91. The lowest BCUT2D eigenvalue weighted by Gasteiger charge is -2.08. The Morgan fingerprint density at radius 1 is 1.50 bits per heavy atom. The van der Waals surface area contributed by atoms with Crippen LogP contribution in [0.3, 0.4) is 0 Å². The number of rotatable bonds is 5. The molecule has 0 spiro atoms. The predicted molar refractivity (Wildman–Crippen MR) is 65.2 cm³/mol. The van der Waals surface area contributed by atoms with Crippen LogP contribution in [0.1, 0.15) is 23.7 Å². The van der Waals surface area contributed by atoms with Crippen molar-refractivity contribution in [2.75, 3.05) is 6.54 Å². The van der Waals surface area contributed by atoms with Gasteiger partial charge >= 0.3 is 5.97 Å². The van der Waals surface area contributed by atoms with E-state index >= 15 is 0 Å². The van der Waals surface area contributed by atoms with Crippen molar-refractivity contribution in [1.82, 2.24) is 5.32 Å². The first-order valence-corrected chi connectivity index (χ1v) is 5.75. The molecule has 1 atom stereocenters. The van der Waals surface area contributed by atoms with Crippen LogP contribution in [-0.4, -0.2) is 23.5 Å². The highest BCUT2D eigenvalue weighted by Crippen LogP contribution is 2.17. The normalized spacial score (nSPS) is 11.9. The van der Waals surface area contributed by atoms with Crippen LogP contribution in [0, 0.1) is 11.7 Å². The molecule has 0 aliphatic heterocycles. The SMILES string of the molecule is CC(CCNC(=O)c1ccc(F)cc1Cl)C(=O)O. The Bertz CT molecular complexity index is 465. The fraction of sp³-hybridized carbons (Fsp3) is 0.333. The highest BCUT2D eigenvalue weighted by atomic mass is 35.5. The lowest BCUT2D eigenvalue weighted by molar-refractivity contribution is -0.141. The third-order valence-corrected chi connectivity index (χ3v) is 2.77. The van der Waals surface area contributed by atoms with Crippen LogP contribution in [0.4, 0.5) is 4.39 Å². The van der Waals surface area contributed by atoms with Crippen molar-refractivity contribution in [3.63, 3.8) is 0 Å². The second kappa shape index (κ2) is 6.35. The van der Waals surface area contributed by atoms with E-state index in [0.717, 1.165) is 12.1 Å². The van der Waals surface area contributed by atoms with E-state index in [4.69, 9.17) is 16.7 Å². The highest BCUT2D eigenvalue weighted by Gasteiger charge is 2.13.